The van der Waals surface area contributed by atoms with Crippen molar-refractivity contribution in [2.45, 2.75) is 19.1 Å². The topological polar surface area (TPSA) is 17.8 Å². The highest BCUT2D eigenvalue weighted by atomic mass is 19.4. The fraction of sp³-hybridized carbons (Fsp3) is 0.115. The molecule has 32 heavy (non-hydrogen) atoms. The lowest BCUT2D eigenvalue weighted by Crippen LogP contribution is -2.28. The van der Waals surface area contributed by atoms with Crippen LogP contribution in [0.5, 0.6) is 0 Å². The molecule has 0 saturated carbocycles. The Kier molecular flexibility index (Phi) is 6.59. The summed E-state index contributed by atoms with van der Waals surface area (Å²) in [6.45, 7) is 0.776. The molecule has 0 unspecified atom stereocenters. The molecule has 3 aromatic carbocycles. The fourth-order valence-electron chi connectivity index (χ4n) is 3.47. The molecule has 0 fully saturated rings. The Balaban J connectivity index is 1.59. The van der Waals surface area contributed by atoms with Crippen LogP contribution in [0.4, 0.5) is 13.2 Å². The second-order valence-electron chi connectivity index (χ2n) is 7.44. The lowest BCUT2D eigenvalue weighted by Gasteiger charge is -2.11. The quantitative estimate of drug-likeness (QED) is 0.273. The third-order valence-corrected chi connectivity index (χ3v) is 5.18. The van der Waals surface area contributed by atoms with Crippen LogP contribution in [0.1, 0.15) is 22.3 Å². The van der Waals surface area contributed by atoms with Crippen LogP contribution in [0.25, 0.3) is 11.5 Å². The average Bonchev–Trinajstić information content (AvgIpc) is 3.25. The SMILES string of the molecule is FC(F)(F)c1ccc(C=C([B]c2nccn2CCc2ccccc2)c2ccccc2)cc1. The van der Waals surface area contributed by atoms with Gasteiger partial charge in [0.1, 0.15) is 0 Å². The summed E-state index contributed by atoms with van der Waals surface area (Å²) >= 11 is 0. The van der Waals surface area contributed by atoms with Crippen LogP contribution < -0.4 is 5.72 Å². The van der Waals surface area contributed by atoms with E-state index in [1.807, 2.05) is 68.1 Å². The van der Waals surface area contributed by atoms with Gasteiger partial charge in [0.05, 0.1) is 11.3 Å². The standard InChI is InChI=1S/C26H21BF3N2/c28-26(29,30)23-13-11-21(12-14-23)19-24(22-9-5-2-6-10-22)27-25-31-16-18-32(25)17-15-20-7-3-1-4-8-20/h1-14,16,18-19H,15,17H2. The van der Waals surface area contributed by atoms with Crippen molar-refractivity contribution >= 4 is 24.6 Å². The molecule has 159 valence electrons. The van der Waals surface area contributed by atoms with E-state index < -0.39 is 11.7 Å². The molecule has 0 bridgehead atoms. The summed E-state index contributed by atoms with van der Waals surface area (Å²) in [6, 6.07) is 25.2. The van der Waals surface area contributed by atoms with E-state index in [-0.39, 0.29) is 0 Å². The molecule has 0 N–H and O–H groups in total. The van der Waals surface area contributed by atoms with Gasteiger partial charge in [-0.05, 0) is 35.2 Å². The van der Waals surface area contributed by atoms with Crippen molar-refractivity contribution in [2.24, 2.45) is 0 Å². The molecule has 1 heterocycles. The van der Waals surface area contributed by atoms with Crippen molar-refractivity contribution in [3.05, 3.63) is 120 Å². The number of hydrogen-bond donors (Lipinski definition) is 0. The molecule has 4 rings (SSSR count). The first-order chi connectivity index (χ1) is 15.5. The van der Waals surface area contributed by atoms with Crippen LogP contribution in [-0.2, 0) is 19.1 Å². The number of halogens is 3. The van der Waals surface area contributed by atoms with Crippen LogP contribution in [0.2, 0.25) is 0 Å². The smallest absolute Gasteiger partial charge is 0.343 e. The van der Waals surface area contributed by atoms with Crippen LogP contribution in [0, 0.1) is 0 Å². The zero-order valence-electron chi connectivity index (χ0n) is 17.3. The van der Waals surface area contributed by atoms with Crippen molar-refractivity contribution < 1.29 is 13.2 Å². The number of aromatic nitrogens is 2. The largest absolute Gasteiger partial charge is 0.416 e. The maximum atomic E-state index is 12.9. The van der Waals surface area contributed by atoms with Gasteiger partial charge in [-0.3, -0.25) is 4.98 Å². The van der Waals surface area contributed by atoms with Crippen molar-refractivity contribution in [3.63, 3.8) is 0 Å². The molecule has 4 aromatic rings. The van der Waals surface area contributed by atoms with E-state index >= 15 is 0 Å². The van der Waals surface area contributed by atoms with Crippen molar-refractivity contribution in [3.8, 4) is 0 Å². The van der Waals surface area contributed by atoms with Gasteiger partial charge in [0.2, 0.25) is 7.28 Å². The van der Waals surface area contributed by atoms with Gasteiger partial charge in [-0.1, -0.05) is 84.3 Å². The van der Waals surface area contributed by atoms with E-state index in [0.717, 1.165) is 41.9 Å². The van der Waals surface area contributed by atoms with Crippen molar-refractivity contribution in [2.75, 3.05) is 0 Å². The van der Waals surface area contributed by atoms with Crippen LogP contribution in [-0.4, -0.2) is 16.8 Å². The van der Waals surface area contributed by atoms with Crippen molar-refractivity contribution in [1.29, 1.82) is 0 Å². The monoisotopic (exact) mass is 429 g/mol. The number of aryl methyl sites for hydroxylation is 2. The van der Waals surface area contributed by atoms with Crippen LogP contribution in [0.15, 0.2) is 97.3 Å². The second-order valence-corrected chi connectivity index (χ2v) is 7.44. The zero-order chi connectivity index (χ0) is 22.4. The van der Waals surface area contributed by atoms with E-state index in [4.69, 9.17) is 0 Å². The number of nitrogens with zero attached hydrogens (tertiary/aromatic N) is 2. The minimum absolute atomic E-state index is 0.656. The Hall–Kier alpha value is -3.54. The number of rotatable bonds is 7. The molecular weight excluding hydrogens is 408 g/mol. The number of imidazole rings is 1. The number of benzene rings is 3. The minimum Gasteiger partial charge on any atom is -0.343 e. The second kappa shape index (κ2) is 9.73. The predicted molar refractivity (Wildman–Crippen MR) is 124 cm³/mol. The molecule has 0 aliphatic carbocycles. The van der Waals surface area contributed by atoms with E-state index in [1.54, 1.807) is 6.20 Å². The lowest BCUT2D eigenvalue weighted by molar-refractivity contribution is -0.137. The molecule has 0 saturated heterocycles. The van der Waals surface area contributed by atoms with Gasteiger partial charge >= 0.3 is 6.18 Å². The van der Waals surface area contributed by atoms with Gasteiger partial charge in [-0.15, -0.1) is 0 Å². The fourth-order valence-corrected chi connectivity index (χ4v) is 3.47. The van der Waals surface area contributed by atoms with Gasteiger partial charge in [0.15, 0.2) is 0 Å². The summed E-state index contributed by atoms with van der Waals surface area (Å²) in [4.78, 5) is 4.50. The van der Waals surface area contributed by atoms with Gasteiger partial charge in [0, 0.05) is 18.9 Å². The molecule has 0 aliphatic heterocycles. The van der Waals surface area contributed by atoms with E-state index in [2.05, 4.69) is 21.7 Å². The third-order valence-electron chi connectivity index (χ3n) is 5.18. The Labute approximate surface area is 186 Å². The van der Waals surface area contributed by atoms with Crippen molar-refractivity contribution in [1.82, 2.24) is 9.55 Å². The Morgan fingerprint density at radius 1 is 0.875 bits per heavy atom. The third kappa shape index (κ3) is 5.58. The van der Waals surface area contributed by atoms with Gasteiger partial charge in [-0.2, -0.15) is 13.2 Å². The summed E-state index contributed by atoms with van der Waals surface area (Å²) in [5.41, 5.74) is 3.91. The summed E-state index contributed by atoms with van der Waals surface area (Å²) in [5.74, 6) is 0. The molecular formula is C26H21BF3N2. The lowest BCUT2D eigenvalue weighted by atomic mass is 9.65. The molecule has 0 aliphatic rings. The molecule has 0 spiro atoms. The maximum Gasteiger partial charge on any atom is 0.416 e. The molecule has 0 atom stereocenters. The average molecular weight is 429 g/mol. The summed E-state index contributed by atoms with van der Waals surface area (Å²) in [6.07, 6.45) is 2.11. The molecule has 1 radical (unpaired) electrons. The first kappa shape index (κ1) is 21.7. The summed E-state index contributed by atoms with van der Waals surface area (Å²) in [7, 11) is 1.97. The number of hydrogen-bond acceptors (Lipinski definition) is 1. The first-order valence-electron chi connectivity index (χ1n) is 10.3. The molecule has 2 nitrogen and oxygen atoms in total. The number of alkyl halides is 3. The minimum atomic E-state index is -4.35. The predicted octanol–water partition coefficient (Wildman–Crippen LogP) is 5.67. The Morgan fingerprint density at radius 3 is 2.19 bits per heavy atom. The zero-order valence-corrected chi connectivity index (χ0v) is 17.3. The van der Waals surface area contributed by atoms with E-state index in [0.29, 0.717) is 5.56 Å². The van der Waals surface area contributed by atoms with Crippen LogP contribution >= 0.6 is 0 Å². The first-order valence-corrected chi connectivity index (χ1v) is 10.3. The summed E-state index contributed by atoms with van der Waals surface area (Å²) < 4.78 is 40.8. The Bertz CT molecular complexity index is 1170. The normalized spacial score (nSPS) is 12.0. The van der Waals surface area contributed by atoms with E-state index in [9.17, 15) is 13.2 Å². The Morgan fingerprint density at radius 2 is 1.53 bits per heavy atom. The summed E-state index contributed by atoms with van der Waals surface area (Å²) in [5, 5.41) is 0. The highest BCUT2D eigenvalue weighted by Gasteiger charge is 2.29. The van der Waals surface area contributed by atoms with Gasteiger partial charge in [0.25, 0.3) is 0 Å². The van der Waals surface area contributed by atoms with E-state index in [1.165, 1.54) is 17.7 Å². The molecule has 1 aromatic heterocycles. The van der Waals surface area contributed by atoms with Crippen LogP contribution in [0.3, 0.4) is 0 Å². The van der Waals surface area contributed by atoms with Gasteiger partial charge in [-0.25, -0.2) is 0 Å². The maximum absolute atomic E-state index is 12.9. The molecule has 6 heteroatoms. The van der Waals surface area contributed by atoms with Gasteiger partial charge < -0.3 is 4.57 Å². The highest BCUT2D eigenvalue weighted by Crippen LogP contribution is 2.29. The molecule has 0 amide bonds. The highest BCUT2D eigenvalue weighted by molar-refractivity contribution is 6.73.